The van der Waals surface area contributed by atoms with Crippen molar-refractivity contribution in [1.82, 2.24) is 9.80 Å². The Bertz CT molecular complexity index is 160. The lowest BCUT2D eigenvalue weighted by Gasteiger charge is -2.15. The summed E-state index contributed by atoms with van der Waals surface area (Å²) in [5, 5.41) is 0. The molecule has 0 saturated heterocycles. The van der Waals surface area contributed by atoms with Crippen LogP contribution >= 0.6 is 59.5 Å². The number of thiocarbonyl (C=S) groups is 2. The Balaban J connectivity index is 0. The molecule has 0 radical (unpaired) electrons. The average Bonchev–Trinajstić information content (AvgIpc) is 1.98. The molecule has 7 heteroatoms. The van der Waals surface area contributed by atoms with Crippen molar-refractivity contribution in [3.8, 4) is 0 Å². The first-order chi connectivity index (χ1) is 5.45. The molecule has 0 atom stereocenters. The highest BCUT2D eigenvalue weighted by molar-refractivity contribution is 8.89. The molecule has 0 aliphatic rings. The van der Waals surface area contributed by atoms with E-state index < -0.39 is 0 Å². The second-order valence-corrected chi connectivity index (χ2v) is 5.88. The van der Waals surface area contributed by atoms with Crippen LogP contribution in [0.2, 0.25) is 0 Å². The molecule has 0 heterocycles. The molecule has 0 spiro atoms. The van der Waals surface area contributed by atoms with E-state index in [-0.39, 0.29) is 13.5 Å². The number of nitrogens with zero attached hydrogens (tertiary/aromatic N) is 2. The van der Waals surface area contributed by atoms with E-state index in [1.807, 2.05) is 38.0 Å². The van der Waals surface area contributed by atoms with E-state index in [4.69, 9.17) is 24.4 Å². The summed E-state index contributed by atoms with van der Waals surface area (Å²) in [6.07, 6.45) is 0. The van der Waals surface area contributed by atoms with Crippen molar-refractivity contribution in [2.45, 2.75) is 0 Å². The van der Waals surface area contributed by atoms with Gasteiger partial charge in [-0.15, -0.1) is 0 Å². The molecule has 13 heavy (non-hydrogen) atoms. The summed E-state index contributed by atoms with van der Waals surface area (Å²) in [5.74, 6) is 0. The smallest absolute Gasteiger partial charge is 0.146 e. The molecular weight excluding hydrogens is 260 g/mol. The van der Waals surface area contributed by atoms with Crippen molar-refractivity contribution >= 4 is 68.2 Å². The summed E-state index contributed by atoms with van der Waals surface area (Å²) in [4.78, 5) is 3.79. The van der Waals surface area contributed by atoms with Crippen LogP contribution in [0, 0.1) is 0 Å². The van der Waals surface area contributed by atoms with Gasteiger partial charge in [-0.2, -0.15) is 13.5 Å². The van der Waals surface area contributed by atoms with Gasteiger partial charge in [0.05, 0.1) is 0 Å². The highest BCUT2D eigenvalue weighted by atomic mass is 33.1. The van der Waals surface area contributed by atoms with E-state index >= 15 is 0 Å². The first-order valence-corrected chi connectivity index (χ1v) is 6.19. The summed E-state index contributed by atoms with van der Waals surface area (Å²) in [6, 6.07) is 0. The van der Waals surface area contributed by atoms with Gasteiger partial charge in [-0.05, 0) is 21.6 Å². The fourth-order valence-corrected chi connectivity index (χ4v) is 2.60. The van der Waals surface area contributed by atoms with Gasteiger partial charge in [-0.25, -0.2) is 0 Å². The van der Waals surface area contributed by atoms with Crippen LogP contribution in [0.4, 0.5) is 0 Å². The van der Waals surface area contributed by atoms with Crippen LogP contribution in [-0.2, 0) is 0 Å². The Hall–Kier alpha value is 0.830. The van der Waals surface area contributed by atoms with Crippen molar-refractivity contribution in [1.29, 1.82) is 0 Å². The van der Waals surface area contributed by atoms with Crippen molar-refractivity contribution in [3.05, 3.63) is 0 Å². The Labute approximate surface area is 106 Å². The Morgan fingerprint density at radius 3 is 1.23 bits per heavy atom. The second-order valence-electron chi connectivity index (χ2n) is 2.49. The first-order valence-electron chi connectivity index (χ1n) is 3.22. The maximum Gasteiger partial charge on any atom is 0.146 e. The molecule has 0 bridgehead atoms. The van der Waals surface area contributed by atoms with Gasteiger partial charge >= 0.3 is 0 Å². The molecule has 0 N–H and O–H groups in total. The molecule has 2 nitrogen and oxygen atoms in total. The third-order valence-corrected chi connectivity index (χ3v) is 5.07. The van der Waals surface area contributed by atoms with Crippen molar-refractivity contribution in [2.75, 3.05) is 28.2 Å². The van der Waals surface area contributed by atoms with Gasteiger partial charge < -0.3 is 9.80 Å². The fraction of sp³-hybridized carbons (Fsp3) is 0.667. The Morgan fingerprint density at radius 2 is 1.08 bits per heavy atom. The normalized spacial score (nSPS) is 8.62. The SMILES string of the molecule is CN(C)C(=S)SSC(=S)N(C)C.S. The summed E-state index contributed by atoms with van der Waals surface area (Å²) in [6.45, 7) is 0. The Kier molecular flexibility index (Phi) is 10.2. The molecule has 0 rings (SSSR count). The predicted octanol–water partition coefficient (Wildman–Crippen LogP) is 2.17. The molecule has 0 aliphatic heterocycles. The van der Waals surface area contributed by atoms with Crippen LogP contribution in [0.1, 0.15) is 0 Å². The second kappa shape index (κ2) is 8.16. The average molecular weight is 275 g/mol. The van der Waals surface area contributed by atoms with Gasteiger partial charge in [-0.3, -0.25) is 0 Å². The lowest BCUT2D eigenvalue weighted by Crippen LogP contribution is -2.18. The molecule has 0 unspecified atom stereocenters. The summed E-state index contributed by atoms with van der Waals surface area (Å²) < 4.78 is 1.67. The molecule has 0 aliphatic carbocycles. The molecule has 0 fully saturated rings. The topological polar surface area (TPSA) is 6.48 Å². The van der Waals surface area contributed by atoms with E-state index in [2.05, 4.69) is 0 Å². The molecule has 0 aromatic heterocycles. The minimum atomic E-state index is 0. The van der Waals surface area contributed by atoms with Crippen molar-refractivity contribution in [2.24, 2.45) is 0 Å². The Morgan fingerprint density at radius 1 is 0.846 bits per heavy atom. The van der Waals surface area contributed by atoms with E-state index in [9.17, 15) is 0 Å². The zero-order valence-electron chi connectivity index (χ0n) is 8.03. The highest BCUT2D eigenvalue weighted by Gasteiger charge is 2.04. The lowest BCUT2D eigenvalue weighted by atomic mass is 11.0. The molecule has 0 aromatic rings. The third-order valence-electron chi connectivity index (χ3n) is 0.915. The lowest BCUT2D eigenvalue weighted by molar-refractivity contribution is 0.647. The maximum absolute atomic E-state index is 5.07. The van der Waals surface area contributed by atoms with Gasteiger partial charge in [0.15, 0.2) is 0 Å². The highest BCUT2D eigenvalue weighted by Crippen LogP contribution is 2.26. The maximum atomic E-state index is 5.07. The quantitative estimate of drug-likeness (QED) is 0.490. The van der Waals surface area contributed by atoms with E-state index in [0.29, 0.717) is 0 Å². The fourth-order valence-electron chi connectivity index (χ4n) is 0.220. The predicted molar refractivity (Wildman–Crippen MR) is 78.1 cm³/mol. The summed E-state index contributed by atoms with van der Waals surface area (Å²) in [5.41, 5.74) is 0. The van der Waals surface area contributed by atoms with E-state index in [1.54, 1.807) is 0 Å². The first kappa shape index (κ1) is 16.3. The van der Waals surface area contributed by atoms with E-state index in [1.165, 1.54) is 21.6 Å². The van der Waals surface area contributed by atoms with Crippen molar-refractivity contribution < 1.29 is 0 Å². The molecule has 0 aromatic carbocycles. The van der Waals surface area contributed by atoms with Crippen LogP contribution in [0.15, 0.2) is 0 Å². The third kappa shape index (κ3) is 7.87. The van der Waals surface area contributed by atoms with Gasteiger partial charge in [0, 0.05) is 28.2 Å². The number of rotatable bonds is 0. The standard InChI is InChI=1S/C6H12N2S4.H2S/c1-7(2)5(9)11-12-6(10)8(3)4;/h1-4H3;1H2. The van der Waals surface area contributed by atoms with Crippen LogP contribution in [-0.4, -0.2) is 46.6 Å². The van der Waals surface area contributed by atoms with Crippen molar-refractivity contribution in [3.63, 3.8) is 0 Å². The minimum absolute atomic E-state index is 0. The molecule has 78 valence electrons. The van der Waals surface area contributed by atoms with Gasteiger partial charge in [-0.1, -0.05) is 24.4 Å². The zero-order chi connectivity index (χ0) is 9.72. The summed E-state index contributed by atoms with van der Waals surface area (Å²) in [7, 11) is 10.7. The molecular formula is C6H14N2S5. The monoisotopic (exact) mass is 274 g/mol. The van der Waals surface area contributed by atoms with Gasteiger partial charge in [0.25, 0.3) is 0 Å². The van der Waals surface area contributed by atoms with Crippen LogP contribution < -0.4 is 0 Å². The largest absolute Gasteiger partial charge is 0.363 e. The molecule has 0 saturated carbocycles. The number of hydrogen-bond acceptors (Lipinski definition) is 4. The van der Waals surface area contributed by atoms with Gasteiger partial charge in [0.1, 0.15) is 8.64 Å². The zero-order valence-corrected chi connectivity index (χ0v) is 12.3. The number of hydrogen-bond donors (Lipinski definition) is 0. The van der Waals surface area contributed by atoms with Crippen LogP contribution in [0.5, 0.6) is 0 Å². The van der Waals surface area contributed by atoms with Gasteiger partial charge in [0.2, 0.25) is 0 Å². The van der Waals surface area contributed by atoms with Crippen LogP contribution in [0.3, 0.4) is 0 Å². The minimum Gasteiger partial charge on any atom is -0.363 e. The van der Waals surface area contributed by atoms with E-state index in [0.717, 1.165) is 8.64 Å². The van der Waals surface area contributed by atoms with Crippen LogP contribution in [0.25, 0.3) is 0 Å². The summed E-state index contributed by atoms with van der Waals surface area (Å²) >= 11 is 10.1. The molecule has 0 amide bonds.